The molecule has 2 rings (SSSR count). The van der Waals surface area contributed by atoms with Crippen molar-refractivity contribution in [2.45, 2.75) is 45.4 Å². The SMILES string of the molecule is CN=C(NCc1ccc(OC)cc1)N1CCC(NC(=O)OC(C)(C)C)C1.I. The highest BCUT2D eigenvalue weighted by atomic mass is 127. The zero-order valence-electron chi connectivity index (χ0n) is 16.7. The monoisotopic (exact) mass is 490 g/mol. The first-order chi connectivity index (χ1) is 12.3. The third-order valence-electron chi connectivity index (χ3n) is 4.03. The number of halogens is 1. The Labute approximate surface area is 178 Å². The summed E-state index contributed by atoms with van der Waals surface area (Å²) in [5.41, 5.74) is 0.660. The minimum Gasteiger partial charge on any atom is -0.497 e. The molecule has 1 amide bonds. The van der Waals surface area contributed by atoms with Gasteiger partial charge in [-0.1, -0.05) is 12.1 Å². The highest BCUT2D eigenvalue weighted by Crippen LogP contribution is 2.13. The number of carbonyl (C=O) groups excluding carboxylic acids is 1. The van der Waals surface area contributed by atoms with Crippen LogP contribution in [0, 0.1) is 0 Å². The highest BCUT2D eigenvalue weighted by molar-refractivity contribution is 14.0. The van der Waals surface area contributed by atoms with Gasteiger partial charge in [0.25, 0.3) is 0 Å². The van der Waals surface area contributed by atoms with Crippen LogP contribution in [-0.2, 0) is 11.3 Å². The quantitative estimate of drug-likeness (QED) is 0.386. The number of guanidine groups is 1. The number of hydrogen-bond acceptors (Lipinski definition) is 4. The molecule has 7 nitrogen and oxygen atoms in total. The van der Waals surface area contributed by atoms with E-state index < -0.39 is 5.60 Å². The fourth-order valence-electron chi connectivity index (χ4n) is 2.80. The van der Waals surface area contributed by atoms with Gasteiger partial charge in [0.05, 0.1) is 13.2 Å². The molecule has 0 saturated carbocycles. The molecular weight excluding hydrogens is 459 g/mol. The van der Waals surface area contributed by atoms with E-state index in [1.54, 1.807) is 14.2 Å². The number of hydrogen-bond donors (Lipinski definition) is 2. The van der Waals surface area contributed by atoms with Crippen molar-refractivity contribution in [3.63, 3.8) is 0 Å². The summed E-state index contributed by atoms with van der Waals surface area (Å²) in [6.07, 6.45) is 0.494. The van der Waals surface area contributed by atoms with Crippen LogP contribution in [-0.4, -0.2) is 55.8 Å². The van der Waals surface area contributed by atoms with Crippen molar-refractivity contribution >= 4 is 36.0 Å². The number of carbonyl (C=O) groups is 1. The molecule has 1 saturated heterocycles. The molecule has 1 aliphatic heterocycles. The van der Waals surface area contributed by atoms with E-state index in [9.17, 15) is 4.79 Å². The van der Waals surface area contributed by atoms with Crippen LogP contribution in [0.2, 0.25) is 0 Å². The lowest BCUT2D eigenvalue weighted by atomic mass is 10.2. The Morgan fingerprint density at radius 1 is 1.30 bits per heavy atom. The maximum atomic E-state index is 11.9. The Morgan fingerprint density at radius 3 is 2.52 bits per heavy atom. The van der Waals surface area contributed by atoms with Crippen LogP contribution in [0.4, 0.5) is 4.79 Å². The lowest BCUT2D eigenvalue weighted by molar-refractivity contribution is 0.0507. The van der Waals surface area contributed by atoms with Crippen LogP contribution in [0.15, 0.2) is 29.3 Å². The van der Waals surface area contributed by atoms with Gasteiger partial charge in [0.15, 0.2) is 5.96 Å². The maximum absolute atomic E-state index is 11.9. The fourth-order valence-corrected chi connectivity index (χ4v) is 2.80. The van der Waals surface area contributed by atoms with E-state index in [-0.39, 0.29) is 36.1 Å². The number of benzene rings is 1. The van der Waals surface area contributed by atoms with Gasteiger partial charge in [0.2, 0.25) is 0 Å². The Hall–Kier alpha value is -1.71. The fraction of sp³-hybridized carbons (Fsp3) is 0.579. The third-order valence-corrected chi connectivity index (χ3v) is 4.03. The highest BCUT2D eigenvalue weighted by Gasteiger charge is 2.27. The minimum atomic E-state index is -0.488. The molecule has 8 heteroatoms. The van der Waals surface area contributed by atoms with Crippen molar-refractivity contribution in [3.8, 4) is 5.75 Å². The van der Waals surface area contributed by atoms with Gasteiger partial charge in [-0.25, -0.2) is 4.79 Å². The lowest BCUT2D eigenvalue weighted by Gasteiger charge is -2.23. The Balaban J connectivity index is 0.00000364. The molecule has 0 bridgehead atoms. The zero-order chi connectivity index (χ0) is 19.2. The van der Waals surface area contributed by atoms with Crippen molar-refractivity contribution in [1.82, 2.24) is 15.5 Å². The summed E-state index contributed by atoms with van der Waals surface area (Å²) in [7, 11) is 3.43. The number of likely N-dealkylation sites (tertiary alicyclic amines) is 1. The van der Waals surface area contributed by atoms with Gasteiger partial charge in [-0.15, -0.1) is 24.0 Å². The van der Waals surface area contributed by atoms with E-state index >= 15 is 0 Å². The molecule has 0 aromatic heterocycles. The van der Waals surface area contributed by atoms with E-state index in [2.05, 4.69) is 20.5 Å². The number of nitrogens with zero attached hydrogens (tertiary/aromatic N) is 2. The average molecular weight is 490 g/mol. The molecule has 1 aromatic carbocycles. The Kier molecular flexibility index (Phi) is 9.14. The molecule has 1 aliphatic rings. The summed E-state index contributed by atoms with van der Waals surface area (Å²) in [5.74, 6) is 1.67. The summed E-state index contributed by atoms with van der Waals surface area (Å²) in [4.78, 5) is 18.4. The van der Waals surface area contributed by atoms with Gasteiger partial charge in [-0.2, -0.15) is 0 Å². The minimum absolute atomic E-state index is 0. The molecule has 0 aliphatic carbocycles. The average Bonchev–Trinajstić information content (AvgIpc) is 3.02. The standard InChI is InChI=1S/C19H30N4O3.HI/c1-19(2,3)26-18(24)22-15-10-11-23(13-15)17(20-4)21-12-14-6-8-16(25-5)9-7-14;/h6-9,15H,10-13H2,1-5H3,(H,20,21)(H,22,24);1H. The predicted molar refractivity (Wildman–Crippen MR) is 118 cm³/mol. The van der Waals surface area contributed by atoms with Crippen LogP contribution in [0.3, 0.4) is 0 Å². The number of alkyl carbamates (subject to hydrolysis) is 1. The molecule has 1 unspecified atom stereocenters. The van der Waals surface area contributed by atoms with Gasteiger partial charge in [0.1, 0.15) is 11.4 Å². The normalized spacial score (nSPS) is 17.1. The van der Waals surface area contributed by atoms with Gasteiger partial charge < -0.3 is 25.0 Å². The van der Waals surface area contributed by atoms with E-state index in [4.69, 9.17) is 9.47 Å². The van der Waals surface area contributed by atoms with Crippen molar-refractivity contribution in [1.29, 1.82) is 0 Å². The van der Waals surface area contributed by atoms with Crippen molar-refractivity contribution in [3.05, 3.63) is 29.8 Å². The molecule has 0 spiro atoms. The van der Waals surface area contributed by atoms with Gasteiger partial charge in [0, 0.05) is 26.7 Å². The molecule has 0 radical (unpaired) electrons. The Bertz CT molecular complexity index is 629. The summed E-state index contributed by atoms with van der Waals surface area (Å²) in [5, 5.41) is 6.30. The van der Waals surface area contributed by atoms with E-state index in [0.717, 1.165) is 30.2 Å². The van der Waals surface area contributed by atoms with E-state index in [1.807, 2.05) is 45.0 Å². The first-order valence-electron chi connectivity index (χ1n) is 8.89. The number of amides is 1. The molecular formula is C19H31IN4O3. The molecule has 1 aromatic rings. The van der Waals surface area contributed by atoms with Gasteiger partial charge in [-0.05, 0) is 44.9 Å². The number of ether oxygens (including phenoxy) is 2. The predicted octanol–water partition coefficient (Wildman–Crippen LogP) is 2.99. The second-order valence-corrected chi connectivity index (χ2v) is 7.33. The van der Waals surface area contributed by atoms with Crippen molar-refractivity contribution < 1.29 is 14.3 Å². The molecule has 1 heterocycles. The first kappa shape index (κ1) is 23.3. The smallest absolute Gasteiger partial charge is 0.407 e. The van der Waals surface area contributed by atoms with E-state index in [0.29, 0.717) is 13.1 Å². The zero-order valence-corrected chi connectivity index (χ0v) is 19.1. The van der Waals surface area contributed by atoms with Crippen LogP contribution in [0.1, 0.15) is 32.8 Å². The second kappa shape index (κ2) is 10.6. The summed E-state index contributed by atoms with van der Waals surface area (Å²) < 4.78 is 10.5. The van der Waals surface area contributed by atoms with Crippen LogP contribution >= 0.6 is 24.0 Å². The molecule has 152 valence electrons. The number of nitrogens with one attached hydrogen (secondary N) is 2. The Morgan fingerprint density at radius 2 is 1.96 bits per heavy atom. The third kappa shape index (κ3) is 7.82. The molecule has 1 atom stereocenters. The summed E-state index contributed by atoms with van der Waals surface area (Å²) >= 11 is 0. The van der Waals surface area contributed by atoms with Crippen molar-refractivity contribution in [2.24, 2.45) is 4.99 Å². The van der Waals surface area contributed by atoms with Crippen LogP contribution < -0.4 is 15.4 Å². The molecule has 2 N–H and O–H groups in total. The molecule has 27 heavy (non-hydrogen) atoms. The van der Waals surface area contributed by atoms with Crippen LogP contribution in [0.25, 0.3) is 0 Å². The van der Waals surface area contributed by atoms with Gasteiger partial charge in [-0.3, -0.25) is 4.99 Å². The number of rotatable bonds is 4. The second-order valence-electron chi connectivity index (χ2n) is 7.33. The maximum Gasteiger partial charge on any atom is 0.407 e. The number of methoxy groups -OCH3 is 1. The van der Waals surface area contributed by atoms with Crippen molar-refractivity contribution in [2.75, 3.05) is 27.2 Å². The van der Waals surface area contributed by atoms with Crippen LogP contribution in [0.5, 0.6) is 5.75 Å². The number of aliphatic imine (C=N–C) groups is 1. The first-order valence-corrected chi connectivity index (χ1v) is 8.89. The summed E-state index contributed by atoms with van der Waals surface area (Å²) in [6, 6.07) is 7.99. The summed E-state index contributed by atoms with van der Waals surface area (Å²) in [6.45, 7) is 7.80. The molecule has 1 fully saturated rings. The van der Waals surface area contributed by atoms with E-state index in [1.165, 1.54) is 0 Å². The largest absolute Gasteiger partial charge is 0.497 e. The van der Waals surface area contributed by atoms with Gasteiger partial charge >= 0.3 is 6.09 Å². The lowest BCUT2D eigenvalue weighted by Crippen LogP contribution is -2.44. The topological polar surface area (TPSA) is 75.2 Å².